The van der Waals surface area contributed by atoms with Gasteiger partial charge in [0.2, 0.25) is 0 Å². The molecule has 0 saturated carbocycles. The largest absolute Gasteiger partial charge is 0.376 e. The van der Waals surface area contributed by atoms with Gasteiger partial charge in [0.15, 0.2) is 0 Å². The Bertz CT molecular complexity index is 312. The Kier molecular flexibility index (Phi) is 4.55. The molecule has 5 heteroatoms. The number of hydrazine groups is 1. The zero-order valence-electron chi connectivity index (χ0n) is 9.21. The minimum Gasteiger partial charge on any atom is -0.376 e. The molecule has 2 atom stereocenters. The van der Waals surface area contributed by atoms with Crippen molar-refractivity contribution < 1.29 is 4.74 Å². The van der Waals surface area contributed by atoms with Gasteiger partial charge in [0.05, 0.1) is 16.7 Å². The van der Waals surface area contributed by atoms with E-state index in [0.29, 0.717) is 0 Å². The quantitative estimate of drug-likeness (QED) is 0.622. The summed E-state index contributed by atoms with van der Waals surface area (Å²) in [5, 5.41) is 2.69. The van der Waals surface area contributed by atoms with E-state index >= 15 is 0 Å². The summed E-state index contributed by atoms with van der Waals surface area (Å²) >= 11 is 7.68. The topological polar surface area (TPSA) is 47.3 Å². The number of ether oxygens (including phenoxy) is 1. The molecule has 15 heavy (non-hydrogen) atoms. The summed E-state index contributed by atoms with van der Waals surface area (Å²) in [6.45, 7) is 4.09. The van der Waals surface area contributed by atoms with E-state index in [-0.39, 0.29) is 11.6 Å². The molecule has 0 aliphatic rings. The Morgan fingerprint density at radius 2 is 2.40 bits per heavy atom. The number of hydrogen-bond donors (Lipinski definition) is 2. The van der Waals surface area contributed by atoms with Crippen LogP contribution in [0.5, 0.6) is 0 Å². The second-order valence-electron chi connectivity index (χ2n) is 3.60. The molecule has 86 valence electrons. The molecule has 0 fully saturated rings. The molecule has 1 heterocycles. The summed E-state index contributed by atoms with van der Waals surface area (Å²) in [5.41, 5.74) is 2.44. The Morgan fingerprint density at radius 3 is 2.73 bits per heavy atom. The number of nitrogens with one attached hydrogen (secondary N) is 1. The number of rotatable bonds is 5. The minimum atomic E-state index is -0.344. The van der Waals surface area contributed by atoms with Crippen molar-refractivity contribution in [2.75, 3.05) is 7.11 Å². The van der Waals surface area contributed by atoms with Crippen molar-refractivity contribution in [3.8, 4) is 0 Å². The van der Waals surface area contributed by atoms with E-state index in [0.717, 1.165) is 16.3 Å². The highest BCUT2D eigenvalue weighted by atomic mass is 35.5. The average molecular weight is 249 g/mol. The molecule has 3 N–H and O–H groups in total. The van der Waals surface area contributed by atoms with Crippen LogP contribution in [0.1, 0.15) is 31.2 Å². The van der Waals surface area contributed by atoms with Gasteiger partial charge in [0.25, 0.3) is 0 Å². The van der Waals surface area contributed by atoms with E-state index in [1.807, 2.05) is 18.4 Å². The van der Waals surface area contributed by atoms with Crippen LogP contribution in [-0.2, 0) is 4.74 Å². The summed E-state index contributed by atoms with van der Waals surface area (Å²) in [6, 6.07) is 1.79. The lowest BCUT2D eigenvalue weighted by atomic mass is 9.92. The third kappa shape index (κ3) is 2.52. The van der Waals surface area contributed by atoms with Crippen molar-refractivity contribution in [1.29, 1.82) is 0 Å². The predicted octanol–water partition coefficient (Wildman–Crippen LogP) is 2.72. The number of halogens is 1. The Hall–Kier alpha value is -0.130. The van der Waals surface area contributed by atoms with Gasteiger partial charge in [0.1, 0.15) is 0 Å². The fourth-order valence-corrected chi connectivity index (χ4v) is 2.87. The van der Waals surface area contributed by atoms with Crippen molar-refractivity contribution in [2.45, 2.75) is 31.9 Å². The van der Waals surface area contributed by atoms with Crippen LogP contribution in [0.15, 0.2) is 11.4 Å². The molecule has 0 aliphatic heterocycles. The molecule has 0 bridgehead atoms. The van der Waals surface area contributed by atoms with Gasteiger partial charge < -0.3 is 4.74 Å². The SMILES string of the molecule is CCC(C)(OC)C(NN)c1sccc1Cl. The highest BCUT2D eigenvalue weighted by Crippen LogP contribution is 2.37. The molecule has 0 amide bonds. The highest BCUT2D eigenvalue weighted by Gasteiger charge is 2.35. The molecule has 0 aromatic carbocycles. The molecule has 3 nitrogen and oxygen atoms in total. The Labute approximate surface area is 99.5 Å². The van der Waals surface area contributed by atoms with Gasteiger partial charge in [-0.1, -0.05) is 18.5 Å². The van der Waals surface area contributed by atoms with Crippen molar-refractivity contribution in [2.24, 2.45) is 5.84 Å². The van der Waals surface area contributed by atoms with Gasteiger partial charge in [-0.15, -0.1) is 11.3 Å². The van der Waals surface area contributed by atoms with Crippen molar-refractivity contribution >= 4 is 22.9 Å². The molecule has 1 rings (SSSR count). The first kappa shape index (κ1) is 12.9. The van der Waals surface area contributed by atoms with E-state index < -0.39 is 0 Å². The minimum absolute atomic E-state index is 0.0833. The van der Waals surface area contributed by atoms with Crippen LogP contribution in [0.2, 0.25) is 5.02 Å². The molecule has 0 aliphatic carbocycles. The maximum atomic E-state index is 6.09. The van der Waals surface area contributed by atoms with Crippen molar-refractivity contribution in [3.05, 3.63) is 21.3 Å². The monoisotopic (exact) mass is 248 g/mol. The van der Waals surface area contributed by atoms with Crippen LogP contribution in [0.3, 0.4) is 0 Å². The van der Waals surface area contributed by atoms with Crippen molar-refractivity contribution in [3.63, 3.8) is 0 Å². The summed E-state index contributed by atoms with van der Waals surface area (Å²) < 4.78 is 5.52. The molecule has 1 aromatic heterocycles. The van der Waals surface area contributed by atoms with Gasteiger partial charge in [-0.05, 0) is 24.8 Å². The second-order valence-corrected chi connectivity index (χ2v) is 4.96. The number of nitrogens with two attached hydrogens (primary N) is 1. The normalized spacial score (nSPS) is 17.4. The predicted molar refractivity (Wildman–Crippen MR) is 65.1 cm³/mol. The van der Waals surface area contributed by atoms with Crippen LogP contribution in [0.25, 0.3) is 0 Å². The third-order valence-electron chi connectivity index (χ3n) is 2.85. The van der Waals surface area contributed by atoms with Gasteiger partial charge in [-0.25, -0.2) is 5.43 Å². The summed E-state index contributed by atoms with van der Waals surface area (Å²) in [6.07, 6.45) is 0.854. The molecule has 0 spiro atoms. The zero-order valence-corrected chi connectivity index (χ0v) is 10.8. The van der Waals surface area contributed by atoms with Crippen LogP contribution in [0, 0.1) is 0 Å². The third-order valence-corrected chi connectivity index (χ3v) is 4.28. The van der Waals surface area contributed by atoms with Crippen LogP contribution in [0.4, 0.5) is 0 Å². The molecular formula is C10H17ClN2OS. The molecule has 1 aromatic rings. The molecule has 0 radical (unpaired) electrons. The summed E-state index contributed by atoms with van der Waals surface area (Å²) in [4.78, 5) is 1.02. The van der Waals surface area contributed by atoms with Gasteiger partial charge in [0, 0.05) is 12.0 Å². The number of thiophene rings is 1. The number of hydrogen-bond acceptors (Lipinski definition) is 4. The second kappa shape index (κ2) is 5.27. The standard InChI is InChI=1S/C10H17ClN2OS/c1-4-10(2,14-3)9(13-12)8-7(11)5-6-15-8/h5-6,9,13H,4,12H2,1-3H3. The van der Waals surface area contributed by atoms with E-state index in [1.54, 1.807) is 18.4 Å². The number of methoxy groups -OCH3 is 1. The lowest BCUT2D eigenvalue weighted by molar-refractivity contribution is -0.0290. The van der Waals surface area contributed by atoms with Gasteiger partial charge >= 0.3 is 0 Å². The summed E-state index contributed by atoms with van der Waals surface area (Å²) in [5.74, 6) is 5.59. The van der Waals surface area contributed by atoms with Crippen LogP contribution in [-0.4, -0.2) is 12.7 Å². The van der Waals surface area contributed by atoms with E-state index in [4.69, 9.17) is 22.2 Å². The highest BCUT2D eigenvalue weighted by molar-refractivity contribution is 7.10. The zero-order chi connectivity index (χ0) is 11.5. The smallest absolute Gasteiger partial charge is 0.0863 e. The average Bonchev–Trinajstić information content (AvgIpc) is 2.66. The first-order valence-corrected chi connectivity index (χ1v) is 6.09. The van der Waals surface area contributed by atoms with Crippen LogP contribution >= 0.6 is 22.9 Å². The summed E-state index contributed by atoms with van der Waals surface area (Å²) in [7, 11) is 1.69. The van der Waals surface area contributed by atoms with Crippen LogP contribution < -0.4 is 11.3 Å². The maximum absolute atomic E-state index is 6.09. The fourth-order valence-electron chi connectivity index (χ4n) is 1.51. The van der Waals surface area contributed by atoms with Gasteiger partial charge in [-0.3, -0.25) is 5.84 Å². The maximum Gasteiger partial charge on any atom is 0.0863 e. The molecule has 2 unspecified atom stereocenters. The Balaban J connectivity index is 3.03. The van der Waals surface area contributed by atoms with E-state index in [2.05, 4.69) is 12.3 Å². The first-order valence-electron chi connectivity index (χ1n) is 4.83. The van der Waals surface area contributed by atoms with Gasteiger partial charge in [-0.2, -0.15) is 0 Å². The molecule has 0 saturated heterocycles. The van der Waals surface area contributed by atoms with E-state index in [9.17, 15) is 0 Å². The Morgan fingerprint density at radius 1 is 1.73 bits per heavy atom. The fraction of sp³-hybridized carbons (Fsp3) is 0.600. The molecular weight excluding hydrogens is 232 g/mol. The van der Waals surface area contributed by atoms with Crippen molar-refractivity contribution in [1.82, 2.24) is 5.43 Å². The first-order chi connectivity index (χ1) is 7.09. The van der Waals surface area contributed by atoms with E-state index in [1.165, 1.54) is 0 Å². The lowest BCUT2D eigenvalue weighted by Crippen LogP contribution is -2.45. The lowest BCUT2D eigenvalue weighted by Gasteiger charge is -2.34.